The van der Waals surface area contributed by atoms with E-state index in [1.54, 1.807) is 6.08 Å². The van der Waals surface area contributed by atoms with Crippen LogP contribution in [0.2, 0.25) is 0 Å². The average Bonchev–Trinajstić information content (AvgIpc) is 3.46. The summed E-state index contributed by atoms with van der Waals surface area (Å²) in [7, 11) is 0. The molecule has 2 atom stereocenters. The Morgan fingerprint density at radius 2 is 0.588 bits per heavy atom. The second kappa shape index (κ2) is 69.8. The highest BCUT2D eigenvalue weighted by Gasteiger charge is 2.18. The van der Waals surface area contributed by atoms with Crippen molar-refractivity contribution >= 4 is 11.9 Å². The van der Waals surface area contributed by atoms with Gasteiger partial charge in [0.2, 0.25) is 5.91 Å². The Balaban J connectivity index is 3.38. The van der Waals surface area contributed by atoms with Crippen LogP contribution in [0.4, 0.5) is 0 Å². The van der Waals surface area contributed by atoms with Gasteiger partial charge in [0.1, 0.15) is 0 Å². The number of carbonyl (C=O) groups excluding carboxylic acids is 2. The molecule has 6 nitrogen and oxygen atoms in total. The van der Waals surface area contributed by atoms with Crippen LogP contribution in [-0.4, -0.2) is 47.4 Å². The van der Waals surface area contributed by atoms with Crippen molar-refractivity contribution in [1.82, 2.24) is 5.32 Å². The molecule has 6 heteroatoms. The lowest BCUT2D eigenvalue weighted by Gasteiger charge is -2.20. The van der Waals surface area contributed by atoms with Crippen molar-refractivity contribution in [1.29, 1.82) is 0 Å². The van der Waals surface area contributed by atoms with E-state index < -0.39 is 12.1 Å². The highest BCUT2D eigenvalue weighted by atomic mass is 16.5. The van der Waals surface area contributed by atoms with Crippen LogP contribution >= 0.6 is 0 Å². The fraction of sp³-hybridized carbons (Fsp3) is 0.919. The quantitative estimate of drug-likeness (QED) is 0.0320. The van der Waals surface area contributed by atoms with Crippen LogP contribution in [0.15, 0.2) is 24.3 Å². The summed E-state index contributed by atoms with van der Waals surface area (Å²) in [5.74, 6) is -0.0484. The standard InChI is InChI=1S/C74H143NO5/c1-3-5-7-9-11-13-15-17-19-21-22-28-31-35-38-42-46-50-54-58-62-66-72(77)71(70-76)75-73(78)67-63-59-55-51-47-43-39-36-32-29-26-24-23-25-27-30-33-37-41-45-49-53-57-61-65-69-80-74(79)68-64-60-56-52-48-44-40-34-20-18-16-14-12-10-8-6-4-2/h18,20,62,66,71-72,76-77H,3-17,19,21-61,63-65,67-70H2,1-2H3,(H,75,78)/b20-18-,66-62+. The summed E-state index contributed by atoms with van der Waals surface area (Å²) >= 11 is 0. The first kappa shape index (κ1) is 78.3. The Morgan fingerprint density at radius 1 is 0.338 bits per heavy atom. The maximum atomic E-state index is 12.5. The lowest BCUT2D eigenvalue weighted by molar-refractivity contribution is -0.143. The Bertz CT molecular complexity index is 1250. The van der Waals surface area contributed by atoms with Crippen molar-refractivity contribution in [3.05, 3.63) is 24.3 Å². The van der Waals surface area contributed by atoms with Crippen LogP contribution in [0.3, 0.4) is 0 Å². The van der Waals surface area contributed by atoms with E-state index in [0.717, 1.165) is 44.9 Å². The molecule has 2 unspecified atom stereocenters. The number of allylic oxidation sites excluding steroid dienone is 3. The Hall–Kier alpha value is -1.66. The highest BCUT2D eigenvalue weighted by molar-refractivity contribution is 5.76. The summed E-state index contributed by atoms with van der Waals surface area (Å²) in [5.41, 5.74) is 0. The first-order chi connectivity index (χ1) is 39.5. The number of aliphatic hydroxyl groups excluding tert-OH is 2. The van der Waals surface area contributed by atoms with E-state index in [-0.39, 0.29) is 18.5 Å². The molecule has 0 radical (unpaired) electrons. The Labute approximate surface area is 501 Å². The molecule has 0 bridgehead atoms. The molecule has 1 amide bonds. The van der Waals surface area contributed by atoms with Gasteiger partial charge in [-0.1, -0.05) is 366 Å². The molecule has 0 aliphatic carbocycles. The second-order valence-corrected chi connectivity index (χ2v) is 25.3. The van der Waals surface area contributed by atoms with Gasteiger partial charge in [-0.15, -0.1) is 0 Å². The molecule has 0 spiro atoms. The van der Waals surface area contributed by atoms with Gasteiger partial charge in [0.15, 0.2) is 0 Å². The van der Waals surface area contributed by atoms with Gasteiger partial charge in [-0.05, 0) is 57.8 Å². The van der Waals surface area contributed by atoms with E-state index in [4.69, 9.17) is 4.74 Å². The normalized spacial score (nSPS) is 12.6. The molecule has 0 saturated heterocycles. The van der Waals surface area contributed by atoms with Gasteiger partial charge in [0.05, 0.1) is 25.4 Å². The summed E-state index contributed by atoms with van der Waals surface area (Å²) in [6.07, 6.45) is 88.3. The SMILES string of the molecule is CCCCCCCC/C=C\CCCCCCCCCC(=O)OCCCCCCCCCCCCCCCCCCCCCCCCCCCC(=O)NC(CO)C(O)/C=C/CCCCCCCCCCCCCCCCCCCCC. The number of nitrogens with one attached hydrogen (secondary N) is 1. The summed E-state index contributed by atoms with van der Waals surface area (Å²) in [6.45, 7) is 4.94. The first-order valence-corrected chi connectivity index (χ1v) is 36.6. The van der Waals surface area contributed by atoms with E-state index in [1.165, 1.54) is 340 Å². The van der Waals surface area contributed by atoms with Gasteiger partial charge >= 0.3 is 5.97 Å². The molecule has 80 heavy (non-hydrogen) atoms. The summed E-state index contributed by atoms with van der Waals surface area (Å²) in [5, 5.41) is 23.3. The largest absolute Gasteiger partial charge is 0.466 e. The zero-order valence-corrected chi connectivity index (χ0v) is 54.3. The summed E-state index contributed by atoms with van der Waals surface area (Å²) in [6, 6.07) is -0.627. The van der Waals surface area contributed by atoms with E-state index in [0.29, 0.717) is 19.4 Å². The van der Waals surface area contributed by atoms with Crippen molar-refractivity contribution in [2.24, 2.45) is 0 Å². The van der Waals surface area contributed by atoms with E-state index in [9.17, 15) is 19.8 Å². The molecular weight excluding hydrogens is 983 g/mol. The van der Waals surface area contributed by atoms with E-state index in [1.807, 2.05) is 6.08 Å². The third-order valence-electron chi connectivity index (χ3n) is 17.2. The number of hydrogen-bond donors (Lipinski definition) is 3. The molecule has 474 valence electrons. The van der Waals surface area contributed by atoms with Crippen LogP contribution in [0.1, 0.15) is 412 Å². The molecule has 0 aromatic heterocycles. The second-order valence-electron chi connectivity index (χ2n) is 25.3. The number of unbranched alkanes of at least 4 members (excludes halogenated alkanes) is 56. The predicted octanol–water partition coefficient (Wildman–Crippen LogP) is 23.7. The zero-order chi connectivity index (χ0) is 57.8. The monoisotopic (exact) mass is 1130 g/mol. The third-order valence-corrected chi connectivity index (χ3v) is 17.2. The van der Waals surface area contributed by atoms with Gasteiger partial charge in [0.25, 0.3) is 0 Å². The van der Waals surface area contributed by atoms with Gasteiger partial charge in [-0.3, -0.25) is 9.59 Å². The Morgan fingerprint density at radius 3 is 0.887 bits per heavy atom. The summed E-state index contributed by atoms with van der Waals surface area (Å²) < 4.78 is 5.50. The van der Waals surface area contributed by atoms with Crippen LogP contribution < -0.4 is 5.32 Å². The molecule has 0 rings (SSSR count). The van der Waals surface area contributed by atoms with Crippen molar-refractivity contribution in [2.45, 2.75) is 424 Å². The maximum Gasteiger partial charge on any atom is 0.305 e. The first-order valence-electron chi connectivity index (χ1n) is 36.6. The van der Waals surface area contributed by atoms with Gasteiger partial charge in [-0.25, -0.2) is 0 Å². The lowest BCUT2D eigenvalue weighted by Crippen LogP contribution is -2.45. The van der Waals surface area contributed by atoms with Gasteiger partial charge in [-0.2, -0.15) is 0 Å². The lowest BCUT2D eigenvalue weighted by atomic mass is 10.0. The molecule has 0 fully saturated rings. The number of rotatable bonds is 69. The fourth-order valence-corrected chi connectivity index (χ4v) is 11.6. The minimum atomic E-state index is -0.844. The smallest absolute Gasteiger partial charge is 0.305 e. The van der Waals surface area contributed by atoms with Crippen LogP contribution in [0.25, 0.3) is 0 Å². The van der Waals surface area contributed by atoms with Crippen molar-refractivity contribution in [2.75, 3.05) is 13.2 Å². The molecular formula is C74H143NO5. The number of amides is 1. The van der Waals surface area contributed by atoms with Crippen molar-refractivity contribution in [3.63, 3.8) is 0 Å². The van der Waals surface area contributed by atoms with E-state index >= 15 is 0 Å². The maximum absolute atomic E-state index is 12.5. The highest BCUT2D eigenvalue weighted by Crippen LogP contribution is 2.19. The zero-order valence-electron chi connectivity index (χ0n) is 54.3. The number of carbonyl (C=O) groups is 2. The minimum Gasteiger partial charge on any atom is -0.466 e. The van der Waals surface area contributed by atoms with Crippen LogP contribution in [0.5, 0.6) is 0 Å². The van der Waals surface area contributed by atoms with Gasteiger partial charge < -0.3 is 20.3 Å². The summed E-state index contributed by atoms with van der Waals surface area (Å²) in [4.78, 5) is 24.6. The molecule has 0 aliphatic rings. The predicted molar refractivity (Wildman–Crippen MR) is 352 cm³/mol. The molecule has 0 aromatic rings. The third kappa shape index (κ3) is 65.5. The van der Waals surface area contributed by atoms with E-state index in [2.05, 4.69) is 31.3 Å². The van der Waals surface area contributed by atoms with Gasteiger partial charge in [0, 0.05) is 12.8 Å². The topological polar surface area (TPSA) is 95.9 Å². The fourth-order valence-electron chi connectivity index (χ4n) is 11.6. The molecule has 3 N–H and O–H groups in total. The molecule has 0 aromatic carbocycles. The van der Waals surface area contributed by atoms with Crippen molar-refractivity contribution < 1.29 is 24.5 Å². The Kier molecular flexibility index (Phi) is 68.4. The van der Waals surface area contributed by atoms with Crippen LogP contribution in [-0.2, 0) is 14.3 Å². The molecule has 0 saturated carbocycles. The van der Waals surface area contributed by atoms with Crippen LogP contribution in [0, 0.1) is 0 Å². The number of esters is 1. The minimum absolute atomic E-state index is 0.0136. The number of aliphatic hydroxyl groups is 2. The number of hydrogen-bond acceptors (Lipinski definition) is 5. The average molecular weight is 1130 g/mol. The van der Waals surface area contributed by atoms with Crippen molar-refractivity contribution in [3.8, 4) is 0 Å². The molecule has 0 heterocycles. The molecule has 0 aliphatic heterocycles. The number of ether oxygens (including phenoxy) is 1.